The number of amides is 1. The number of benzene rings is 1. The van der Waals surface area contributed by atoms with Gasteiger partial charge in [0.05, 0.1) is 0 Å². The van der Waals surface area contributed by atoms with E-state index in [2.05, 4.69) is 27.3 Å². The van der Waals surface area contributed by atoms with Gasteiger partial charge in [-0.05, 0) is 56.9 Å². The highest BCUT2D eigenvalue weighted by Crippen LogP contribution is 2.21. The Morgan fingerprint density at radius 3 is 2.63 bits per heavy atom. The normalized spacial score (nSPS) is 17.1. The second kappa shape index (κ2) is 6.42. The number of halogens is 1. The van der Waals surface area contributed by atoms with E-state index in [1.54, 1.807) is 0 Å². The second-order valence-corrected chi connectivity index (χ2v) is 6.13. The third-order valence-corrected chi connectivity index (χ3v) is 4.09. The largest absolute Gasteiger partial charge is 0.374 e. The van der Waals surface area contributed by atoms with Crippen LogP contribution < -0.4 is 5.32 Å². The summed E-state index contributed by atoms with van der Waals surface area (Å²) in [5.74, 6) is 0.210. The van der Waals surface area contributed by atoms with Gasteiger partial charge in [-0.15, -0.1) is 0 Å². The van der Waals surface area contributed by atoms with Gasteiger partial charge in [-0.25, -0.2) is 0 Å². The van der Waals surface area contributed by atoms with Crippen LogP contribution in [-0.4, -0.2) is 29.9 Å². The Bertz CT molecular complexity index is 455. The molecule has 104 valence electrons. The van der Waals surface area contributed by atoms with Gasteiger partial charge in [-0.2, -0.15) is 0 Å². The van der Waals surface area contributed by atoms with Gasteiger partial charge in [-0.3, -0.25) is 4.79 Å². The van der Waals surface area contributed by atoms with Gasteiger partial charge in [-0.1, -0.05) is 15.9 Å². The van der Waals surface area contributed by atoms with E-state index in [0.717, 1.165) is 41.7 Å². The van der Waals surface area contributed by atoms with E-state index in [0.29, 0.717) is 0 Å². The minimum absolute atomic E-state index is 0.169. The van der Waals surface area contributed by atoms with Crippen LogP contribution in [0.2, 0.25) is 0 Å². The monoisotopic (exact) mass is 324 g/mol. The number of hydrogen-bond acceptors (Lipinski definition) is 2. The predicted molar refractivity (Wildman–Crippen MR) is 82.4 cm³/mol. The summed E-state index contributed by atoms with van der Waals surface area (Å²) in [6.45, 7) is 5.80. The molecule has 1 heterocycles. The number of nitrogens with one attached hydrogen (secondary N) is 1. The van der Waals surface area contributed by atoms with Crippen LogP contribution in [-0.2, 0) is 4.79 Å². The molecule has 1 fully saturated rings. The first kappa shape index (κ1) is 14.4. The average molecular weight is 325 g/mol. The third kappa shape index (κ3) is 3.72. The van der Waals surface area contributed by atoms with Crippen LogP contribution in [0.25, 0.3) is 0 Å². The average Bonchev–Trinajstić information content (AvgIpc) is 2.42. The van der Waals surface area contributed by atoms with Crippen LogP contribution in [0.4, 0.5) is 5.69 Å². The molecule has 0 radical (unpaired) electrons. The molecule has 19 heavy (non-hydrogen) atoms. The molecule has 1 amide bonds. The number of piperidine rings is 1. The van der Waals surface area contributed by atoms with Gasteiger partial charge < -0.3 is 10.2 Å². The van der Waals surface area contributed by atoms with Crippen LogP contribution in [0.5, 0.6) is 0 Å². The van der Waals surface area contributed by atoms with Gasteiger partial charge in [0.1, 0.15) is 6.04 Å². The lowest BCUT2D eigenvalue weighted by atomic mass is 10.1. The Hall–Kier alpha value is -1.03. The van der Waals surface area contributed by atoms with E-state index in [9.17, 15) is 4.79 Å². The fourth-order valence-electron chi connectivity index (χ4n) is 2.47. The molecule has 1 unspecified atom stereocenters. The zero-order chi connectivity index (χ0) is 13.8. The van der Waals surface area contributed by atoms with Crippen molar-refractivity contribution in [3.8, 4) is 0 Å². The smallest absolute Gasteiger partial charge is 0.244 e. The first-order valence-corrected chi connectivity index (χ1v) is 7.68. The van der Waals surface area contributed by atoms with Gasteiger partial charge in [0, 0.05) is 23.2 Å². The molecule has 1 aromatic rings. The molecule has 1 aromatic carbocycles. The first-order valence-electron chi connectivity index (χ1n) is 6.89. The summed E-state index contributed by atoms with van der Waals surface area (Å²) in [6.07, 6.45) is 3.52. The summed E-state index contributed by atoms with van der Waals surface area (Å²) in [7, 11) is 0. The van der Waals surface area contributed by atoms with Crippen molar-refractivity contribution in [3.63, 3.8) is 0 Å². The number of carbonyl (C=O) groups excluding carboxylic acids is 1. The minimum atomic E-state index is -0.169. The fourth-order valence-corrected chi connectivity index (χ4v) is 2.95. The SMILES string of the molecule is Cc1cc(Br)ccc1NC(C)C(=O)N1CCCCC1. The lowest BCUT2D eigenvalue weighted by Gasteiger charge is -2.30. The Labute approximate surface area is 123 Å². The summed E-state index contributed by atoms with van der Waals surface area (Å²) < 4.78 is 1.06. The number of likely N-dealkylation sites (tertiary alicyclic amines) is 1. The minimum Gasteiger partial charge on any atom is -0.374 e. The number of carbonyl (C=O) groups is 1. The van der Waals surface area contributed by atoms with Crippen molar-refractivity contribution in [2.45, 2.75) is 39.2 Å². The standard InChI is InChI=1S/C15H21BrN2O/c1-11-10-13(16)6-7-14(11)17-12(2)15(19)18-8-4-3-5-9-18/h6-7,10,12,17H,3-5,8-9H2,1-2H3. The molecule has 1 aliphatic heterocycles. The molecule has 0 aromatic heterocycles. The zero-order valence-corrected chi connectivity index (χ0v) is 13.2. The van der Waals surface area contributed by atoms with Crippen LogP contribution in [0.15, 0.2) is 22.7 Å². The lowest BCUT2D eigenvalue weighted by Crippen LogP contribution is -2.43. The molecule has 0 spiro atoms. The number of nitrogens with zero attached hydrogens (tertiary/aromatic N) is 1. The maximum absolute atomic E-state index is 12.3. The molecular weight excluding hydrogens is 304 g/mol. The highest BCUT2D eigenvalue weighted by molar-refractivity contribution is 9.10. The number of aryl methyl sites for hydroxylation is 1. The predicted octanol–water partition coefficient (Wildman–Crippen LogP) is 3.57. The molecular formula is C15H21BrN2O. The van der Waals surface area contributed by atoms with Gasteiger partial charge in [0.25, 0.3) is 0 Å². The summed E-state index contributed by atoms with van der Waals surface area (Å²) >= 11 is 3.45. The van der Waals surface area contributed by atoms with Crippen LogP contribution in [0, 0.1) is 6.92 Å². The van der Waals surface area contributed by atoms with E-state index in [1.165, 1.54) is 6.42 Å². The van der Waals surface area contributed by atoms with E-state index in [1.807, 2.05) is 30.9 Å². The van der Waals surface area contributed by atoms with Crippen LogP contribution >= 0.6 is 15.9 Å². The molecule has 0 saturated carbocycles. The first-order chi connectivity index (χ1) is 9.08. The number of anilines is 1. The van der Waals surface area contributed by atoms with E-state index in [4.69, 9.17) is 0 Å². The van der Waals surface area contributed by atoms with Crippen molar-refractivity contribution in [1.82, 2.24) is 4.90 Å². The molecule has 1 aliphatic rings. The molecule has 0 aliphatic carbocycles. The van der Waals surface area contributed by atoms with Crippen molar-refractivity contribution in [1.29, 1.82) is 0 Å². The molecule has 1 atom stereocenters. The molecule has 4 heteroatoms. The quantitative estimate of drug-likeness (QED) is 0.921. The Kier molecular flexibility index (Phi) is 4.86. The fraction of sp³-hybridized carbons (Fsp3) is 0.533. The maximum atomic E-state index is 12.3. The third-order valence-electron chi connectivity index (χ3n) is 3.60. The van der Waals surface area contributed by atoms with Crippen LogP contribution in [0.3, 0.4) is 0 Å². The summed E-state index contributed by atoms with van der Waals surface area (Å²) in [4.78, 5) is 14.3. The summed E-state index contributed by atoms with van der Waals surface area (Å²) in [6, 6.07) is 5.89. The zero-order valence-electron chi connectivity index (χ0n) is 11.6. The van der Waals surface area contributed by atoms with Crippen molar-refractivity contribution >= 4 is 27.5 Å². The van der Waals surface area contributed by atoms with Gasteiger partial charge >= 0.3 is 0 Å². The second-order valence-electron chi connectivity index (χ2n) is 5.21. The van der Waals surface area contributed by atoms with E-state index in [-0.39, 0.29) is 11.9 Å². The molecule has 1 N–H and O–H groups in total. The molecule has 3 nitrogen and oxygen atoms in total. The van der Waals surface area contributed by atoms with Gasteiger partial charge in [0.15, 0.2) is 0 Å². The Morgan fingerprint density at radius 2 is 2.00 bits per heavy atom. The van der Waals surface area contributed by atoms with Crippen LogP contribution in [0.1, 0.15) is 31.7 Å². The lowest BCUT2D eigenvalue weighted by molar-refractivity contribution is -0.132. The van der Waals surface area contributed by atoms with Crippen molar-refractivity contribution < 1.29 is 4.79 Å². The van der Waals surface area contributed by atoms with Crippen molar-refractivity contribution in [2.24, 2.45) is 0 Å². The maximum Gasteiger partial charge on any atom is 0.244 e. The number of rotatable bonds is 3. The molecule has 2 rings (SSSR count). The number of hydrogen-bond donors (Lipinski definition) is 1. The van der Waals surface area contributed by atoms with E-state index < -0.39 is 0 Å². The highest BCUT2D eigenvalue weighted by atomic mass is 79.9. The van der Waals surface area contributed by atoms with Crippen molar-refractivity contribution in [2.75, 3.05) is 18.4 Å². The topological polar surface area (TPSA) is 32.3 Å². The van der Waals surface area contributed by atoms with Gasteiger partial charge in [0.2, 0.25) is 5.91 Å². The van der Waals surface area contributed by atoms with E-state index >= 15 is 0 Å². The van der Waals surface area contributed by atoms with Crippen molar-refractivity contribution in [3.05, 3.63) is 28.2 Å². The summed E-state index contributed by atoms with van der Waals surface area (Å²) in [5.41, 5.74) is 2.17. The molecule has 1 saturated heterocycles. The Morgan fingerprint density at radius 1 is 1.32 bits per heavy atom. The molecule has 0 bridgehead atoms. The Balaban J connectivity index is 1.99. The highest BCUT2D eigenvalue weighted by Gasteiger charge is 2.22. The summed E-state index contributed by atoms with van der Waals surface area (Å²) in [5, 5.41) is 3.32.